The van der Waals surface area contributed by atoms with Gasteiger partial charge in [-0.3, -0.25) is 4.79 Å². The zero-order valence-corrected chi connectivity index (χ0v) is 14.2. The molecule has 3 rings (SSSR count). The van der Waals surface area contributed by atoms with Crippen LogP contribution in [0.3, 0.4) is 0 Å². The molecule has 0 atom stereocenters. The molecule has 0 saturated heterocycles. The third kappa shape index (κ3) is 3.35. The molecule has 0 aromatic heterocycles. The minimum Gasteiger partial charge on any atom is -0.496 e. The molecule has 0 fully saturated rings. The summed E-state index contributed by atoms with van der Waals surface area (Å²) in [6.45, 7) is 0. The second-order valence-corrected chi connectivity index (χ2v) is 5.98. The van der Waals surface area contributed by atoms with Crippen molar-refractivity contribution in [1.82, 2.24) is 0 Å². The van der Waals surface area contributed by atoms with Crippen LogP contribution in [0.5, 0.6) is 5.75 Å². The molecule has 0 spiro atoms. The van der Waals surface area contributed by atoms with Gasteiger partial charge in [-0.2, -0.15) is 0 Å². The van der Waals surface area contributed by atoms with Crippen molar-refractivity contribution in [3.63, 3.8) is 0 Å². The Morgan fingerprint density at radius 2 is 1.43 bits per heavy atom. The van der Waals surface area contributed by atoms with Gasteiger partial charge in [-0.25, -0.2) is 0 Å². The first-order chi connectivity index (χ1) is 11.2. The summed E-state index contributed by atoms with van der Waals surface area (Å²) in [7, 11) is 1.60. The van der Waals surface area contributed by atoms with Gasteiger partial charge in [0.05, 0.1) is 11.6 Å². The van der Waals surface area contributed by atoms with Gasteiger partial charge in [-0.05, 0) is 45.3 Å². The minimum absolute atomic E-state index is 0.00651. The number of hydrogen-bond donors (Lipinski definition) is 0. The first-order valence-corrected chi connectivity index (χ1v) is 8.02. The van der Waals surface area contributed by atoms with Gasteiger partial charge in [-0.15, -0.1) is 0 Å². The molecule has 0 unspecified atom stereocenters. The number of carbonyl (C=O) groups excluding carboxylic acids is 1. The van der Waals surface area contributed by atoms with E-state index in [4.69, 9.17) is 4.74 Å². The van der Waals surface area contributed by atoms with E-state index in [1.54, 1.807) is 25.3 Å². The third-order valence-corrected chi connectivity index (χ3v) is 4.29. The lowest BCUT2D eigenvalue weighted by atomic mass is 9.99. The molecular weight excluding hydrogens is 352 g/mol. The maximum atomic E-state index is 12.6. The predicted molar refractivity (Wildman–Crippen MR) is 96.0 cm³/mol. The Labute approximate surface area is 143 Å². The van der Waals surface area contributed by atoms with E-state index in [1.165, 1.54) is 0 Å². The third-order valence-electron chi connectivity index (χ3n) is 3.67. The Morgan fingerprint density at radius 3 is 2.04 bits per heavy atom. The lowest BCUT2D eigenvalue weighted by Crippen LogP contribution is -2.01. The molecule has 0 bridgehead atoms. The summed E-state index contributed by atoms with van der Waals surface area (Å²) >= 11 is 3.41. The molecule has 0 aliphatic heterocycles. The fraction of sp³-hybridized carbons (Fsp3) is 0.0500. The first-order valence-electron chi connectivity index (χ1n) is 7.23. The van der Waals surface area contributed by atoms with Crippen molar-refractivity contribution in [2.45, 2.75) is 0 Å². The first kappa shape index (κ1) is 15.5. The molecule has 0 saturated carbocycles. The van der Waals surface area contributed by atoms with Crippen molar-refractivity contribution in [3.05, 3.63) is 88.4 Å². The molecule has 0 aliphatic rings. The second-order valence-electron chi connectivity index (χ2n) is 5.12. The highest BCUT2D eigenvalue weighted by atomic mass is 79.9. The van der Waals surface area contributed by atoms with Gasteiger partial charge in [0.1, 0.15) is 5.75 Å². The highest BCUT2D eigenvalue weighted by Crippen LogP contribution is 2.27. The molecule has 0 N–H and O–H groups in total. The van der Waals surface area contributed by atoms with Crippen molar-refractivity contribution < 1.29 is 9.53 Å². The van der Waals surface area contributed by atoms with Gasteiger partial charge in [0, 0.05) is 11.1 Å². The summed E-state index contributed by atoms with van der Waals surface area (Å²) < 4.78 is 5.96. The number of rotatable bonds is 4. The fourth-order valence-electron chi connectivity index (χ4n) is 2.42. The van der Waals surface area contributed by atoms with E-state index in [-0.39, 0.29) is 5.78 Å². The Balaban J connectivity index is 1.87. The Morgan fingerprint density at radius 1 is 0.826 bits per heavy atom. The Kier molecular flexibility index (Phi) is 4.58. The monoisotopic (exact) mass is 366 g/mol. The fourth-order valence-corrected chi connectivity index (χ4v) is 2.96. The summed E-state index contributed by atoms with van der Waals surface area (Å²) in [4.78, 5) is 12.6. The highest BCUT2D eigenvalue weighted by molar-refractivity contribution is 9.10. The van der Waals surface area contributed by atoms with Crippen molar-refractivity contribution in [2.24, 2.45) is 0 Å². The van der Waals surface area contributed by atoms with Gasteiger partial charge < -0.3 is 4.74 Å². The maximum Gasteiger partial charge on any atom is 0.193 e. The van der Waals surface area contributed by atoms with Crippen molar-refractivity contribution in [2.75, 3.05) is 7.11 Å². The predicted octanol–water partition coefficient (Wildman–Crippen LogP) is 5.36. The number of carbonyl (C=O) groups is 1. The van der Waals surface area contributed by atoms with E-state index in [0.717, 1.165) is 15.6 Å². The lowest BCUT2D eigenvalue weighted by molar-refractivity contribution is 0.103. The van der Waals surface area contributed by atoms with Crippen LogP contribution < -0.4 is 4.74 Å². The molecule has 3 aromatic carbocycles. The smallest absolute Gasteiger partial charge is 0.193 e. The van der Waals surface area contributed by atoms with Crippen LogP contribution in [-0.2, 0) is 0 Å². The molecule has 0 aliphatic carbocycles. The molecule has 3 aromatic rings. The van der Waals surface area contributed by atoms with Crippen LogP contribution in [0, 0.1) is 0 Å². The van der Waals surface area contributed by atoms with Crippen LogP contribution >= 0.6 is 15.9 Å². The summed E-state index contributed by atoms with van der Waals surface area (Å²) in [6, 6.07) is 23.1. The van der Waals surface area contributed by atoms with Gasteiger partial charge in [0.2, 0.25) is 0 Å². The molecule has 23 heavy (non-hydrogen) atoms. The van der Waals surface area contributed by atoms with Crippen LogP contribution in [0.1, 0.15) is 15.9 Å². The van der Waals surface area contributed by atoms with E-state index in [9.17, 15) is 4.79 Å². The molecule has 0 amide bonds. The molecule has 3 heteroatoms. The summed E-state index contributed by atoms with van der Waals surface area (Å²) in [5.74, 6) is 0.703. The van der Waals surface area contributed by atoms with E-state index >= 15 is 0 Å². The number of benzene rings is 3. The molecular formula is C20H15BrO2. The van der Waals surface area contributed by atoms with Crippen LogP contribution in [0.4, 0.5) is 0 Å². The van der Waals surface area contributed by atoms with Gasteiger partial charge in [-0.1, -0.05) is 54.6 Å². The zero-order valence-electron chi connectivity index (χ0n) is 12.6. The minimum atomic E-state index is -0.00651. The number of halogens is 1. The average molecular weight is 367 g/mol. The normalized spacial score (nSPS) is 10.3. The standard InChI is InChI=1S/C20H15BrO2/c1-23-19-12-11-17(13-18(19)21)20(22)16-9-7-15(8-10-16)14-5-3-2-4-6-14/h2-13H,1H3. The van der Waals surface area contributed by atoms with E-state index in [1.807, 2.05) is 42.5 Å². The van der Waals surface area contributed by atoms with Crippen LogP contribution in [0.15, 0.2) is 77.3 Å². The van der Waals surface area contributed by atoms with Crippen LogP contribution in [-0.4, -0.2) is 12.9 Å². The zero-order chi connectivity index (χ0) is 16.2. The van der Waals surface area contributed by atoms with Crippen LogP contribution in [0.2, 0.25) is 0 Å². The number of ether oxygens (including phenoxy) is 1. The average Bonchev–Trinajstić information content (AvgIpc) is 2.62. The second kappa shape index (κ2) is 6.80. The molecule has 114 valence electrons. The van der Waals surface area contributed by atoms with Crippen LogP contribution in [0.25, 0.3) is 11.1 Å². The molecule has 0 radical (unpaired) electrons. The molecule has 0 heterocycles. The number of methoxy groups -OCH3 is 1. The summed E-state index contributed by atoms with van der Waals surface area (Å²) in [6.07, 6.45) is 0. The van der Waals surface area contributed by atoms with Crippen molar-refractivity contribution in [3.8, 4) is 16.9 Å². The van der Waals surface area contributed by atoms with Gasteiger partial charge in [0.25, 0.3) is 0 Å². The number of hydrogen-bond acceptors (Lipinski definition) is 2. The van der Waals surface area contributed by atoms with E-state index < -0.39 is 0 Å². The Hall–Kier alpha value is -2.39. The maximum absolute atomic E-state index is 12.6. The van der Waals surface area contributed by atoms with E-state index in [0.29, 0.717) is 16.9 Å². The summed E-state index contributed by atoms with van der Waals surface area (Å²) in [5, 5.41) is 0. The Bertz CT molecular complexity index is 824. The highest BCUT2D eigenvalue weighted by Gasteiger charge is 2.11. The van der Waals surface area contributed by atoms with Gasteiger partial charge in [0.15, 0.2) is 5.78 Å². The quantitative estimate of drug-likeness (QED) is 0.581. The topological polar surface area (TPSA) is 26.3 Å². The lowest BCUT2D eigenvalue weighted by Gasteiger charge is -2.07. The molecule has 2 nitrogen and oxygen atoms in total. The largest absolute Gasteiger partial charge is 0.496 e. The van der Waals surface area contributed by atoms with Gasteiger partial charge >= 0.3 is 0 Å². The van der Waals surface area contributed by atoms with E-state index in [2.05, 4.69) is 28.1 Å². The summed E-state index contributed by atoms with van der Waals surface area (Å²) in [5.41, 5.74) is 3.53. The SMILES string of the molecule is COc1ccc(C(=O)c2ccc(-c3ccccc3)cc2)cc1Br. The number of ketones is 1. The van der Waals surface area contributed by atoms with Crippen molar-refractivity contribution in [1.29, 1.82) is 0 Å². The van der Waals surface area contributed by atoms with Crippen molar-refractivity contribution >= 4 is 21.7 Å².